The van der Waals surface area contributed by atoms with Gasteiger partial charge in [-0.2, -0.15) is 5.01 Å². The van der Waals surface area contributed by atoms with Crippen LogP contribution in [-0.2, 0) is 16.1 Å². The number of nitrogens with zero attached hydrogens (tertiary/aromatic N) is 4. The Morgan fingerprint density at radius 2 is 1.75 bits per heavy atom. The van der Waals surface area contributed by atoms with Crippen molar-refractivity contribution >= 4 is 28.8 Å². The lowest BCUT2D eigenvalue weighted by molar-refractivity contribution is -0.163. The average molecular weight is 372 g/mol. The zero-order valence-electron chi connectivity index (χ0n) is 15.0. The summed E-state index contributed by atoms with van der Waals surface area (Å²) in [4.78, 5) is 46.0. The maximum Gasteiger partial charge on any atom is 0.273 e. The van der Waals surface area contributed by atoms with Crippen LogP contribution in [0.3, 0.4) is 0 Å². The molecule has 3 amide bonds. The number of carbonyl (C=O) groups excluding carboxylic acids is 3. The van der Waals surface area contributed by atoms with E-state index < -0.39 is 0 Å². The Balaban J connectivity index is 1.50. The summed E-state index contributed by atoms with van der Waals surface area (Å²) in [6, 6.07) is 13.1. The summed E-state index contributed by atoms with van der Waals surface area (Å²) in [5.41, 5.74) is 3.55. The number of rotatable bonds is 2. The van der Waals surface area contributed by atoms with Gasteiger partial charge >= 0.3 is 0 Å². The molecule has 3 aromatic rings. The Bertz CT molecular complexity index is 1140. The number of carbonyl (C=O) groups is 3. The minimum Gasteiger partial charge on any atom is -0.273 e. The maximum absolute atomic E-state index is 12.8. The van der Waals surface area contributed by atoms with Gasteiger partial charge in [0.1, 0.15) is 0 Å². The number of hydrogen-bond donors (Lipinski definition) is 0. The maximum atomic E-state index is 12.8. The van der Waals surface area contributed by atoms with E-state index in [0.717, 1.165) is 27.2 Å². The van der Waals surface area contributed by atoms with Crippen LogP contribution in [0.5, 0.6) is 0 Å². The van der Waals surface area contributed by atoms with Crippen LogP contribution in [0.2, 0.25) is 0 Å². The lowest BCUT2D eigenvalue weighted by Crippen LogP contribution is -2.51. The largest absolute Gasteiger partial charge is 0.273 e. The second kappa shape index (κ2) is 6.23. The molecule has 7 heteroatoms. The van der Waals surface area contributed by atoms with Gasteiger partial charge in [0.25, 0.3) is 5.91 Å². The third kappa shape index (κ3) is 2.55. The van der Waals surface area contributed by atoms with Gasteiger partial charge in [0.05, 0.1) is 12.2 Å². The fourth-order valence-electron chi connectivity index (χ4n) is 3.75. The van der Waals surface area contributed by atoms with Crippen LogP contribution in [0.4, 0.5) is 0 Å². The van der Waals surface area contributed by atoms with Gasteiger partial charge in [-0.1, -0.05) is 6.07 Å². The standard InChI is InChI=1S/C21H16N4O3/c26-18-4-1-5-19(27)25(18)24-12-15-11-14(6-8-16(15)21(24)28)17-9-7-13-3-2-10-22-20(13)23-17/h2-3,6-11H,1,4-5,12H2. The van der Waals surface area contributed by atoms with Crippen molar-refractivity contribution < 1.29 is 14.4 Å². The predicted molar refractivity (Wildman–Crippen MR) is 101 cm³/mol. The van der Waals surface area contributed by atoms with Gasteiger partial charge in [0, 0.05) is 35.6 Å². The quantitative estimate of drug-likeness (QED) is 0.646. The van der Waals surface area contributed by atoms with E-state index in [4.69, 9.17) is 0 Å². The van der Waals surface area contributed by atoms with Crippen molar-refractivity contribution in [2.24, 2.45) is 0 Å². The highest BCUT2D eigenvalue weighted by molar-refractivity contribution is 6.04. The van der Waals surface area contributed by atoms with Crippen LogP contribution in [0, 0.1) is 0 Å². The third-order valence-corrected chi connectivity index (χ3v) is 5.15. The molecular formula is C21H16N4O3. The monoisotopic (exact) mass is 372 g/mol. The summed E-state index contributed by atoms with van der Waals surface area (Å²) >= 11 is 0. The molecule has 2 aliphatic heterocycles. The Kier molecular flexibility index (Phi) is 3.68. The summed E-state index contributed by atoms with van der Waals surface area (Å²) in [6.07, 6.45) is 2.80. The minimum absolute atomic E-state index is 0.200. The molecule has 1 saturated heterocycles. The molecule has 0 saturated carbocycles. The predicted octanol–water partition coefficient (Wildman–Crippen LogP) is 2.71. The third-order valence-electron chi connectivity index (χ3n) is 5.15. The number of fused-ring (bicyclic) bond motifs is 2. The number of aromatic nitrogens is 2. The highest BCUT2D eigenvalue weighted by atomic mass is 16.2. The van der Waals surface area contributed by atoms with Crippen LogP contribution in [-0.4, -0.2) is 37.7 Å². The second-order valence-electron chi connectivity index (χ2n) is 6.93. The first kappa shape index (κ1) is 16.6. The molecule has 0 spiro atoms. The van der Waals surface area contributed by atoms with Crippen molar-refractivity contribution in [3.63, 3.8) is 0 Å². The van der Waals surface area contributed by atoms with E-state index in [0.29, 0.717) is 17.6 Å². The van der Waals surface area contributed by atoms with Gasteiger partial charge in [-0.05, 0) is 48.4 Å². The zero-order valence-corrected chi connectivity index (χ0v) is 15.0. The van der Waals surface area contributed by atoms with Crippen LogP contribution >= 0.6 is 0 Å². The molecule has 28 heavy (non-hydrogen) atoms. The fourth-order valence-corrected chi connectivity index (χ4v) is 3.75. The molecule has 2 aromatic heterocycles. The first-order valence-corrected chi connectivity index (χ1v) is 9.14. The molecule has 0 bridgehead atoms. The van der Waals surface area contributed by atoms with Crippen molar-refractivity contribution in [2.45, 2.75) is 25.8 Å². The number of hydrazine groups is 1. The van der Waals surface area contributed by atoms with Crippen molar-refractivity contribution in [1.29, 1.82) is 0 Å². The number of hydrogen-bond acceptors (Lipinski definition) is 5. The van der Waals surface area contributed by atoms with E-state index in [1.165, 1.54) is 5.01 Å². The van der Waals surface area contributed by atoms with Gasteiger partial charge in [-0.25, -0.2) is 15.0 Å². The molecule has 138 valence electrons. The summed E-state index contributed by atoms with van der Waals surface area (Å²) in [5.74, 6) is -0.960. The Hall–Kier alpha value is -3.61. The topological polar surface area (TPSA) is 83.5 Å². The molecular weight excluding hydrogens is 356 g/mol. The van der Waals surface area contributed by atoms with Crippen LogP contribution in [0.15, 0.2) is 48.7 Å². The molecule has 0 aliphatic carbocycles. The molecule has 1 aromatic carbocycles. The van der Waals surface area contributed by atoms with Crippen LogP contribution in [0.1, 0.15) is 35.2 Å². The summed E-state index contributed by atoms with van der Waals surface area (Å²) < 4.78 is 0. The van der Waals surface area contributed by atoms with Gasteiger partial charge < -0.3 is 0 Å². The van der Waals surface area contributed by atoms with Gasteiger partial charge in [-0.3, -0.25) is 14.4 Å². The van der Waals surface area contributed by atoms with Crippen molar-refractivity contribution in [3.8, 4) is 11.3 Å². The minimum atomic E-state index is -0.321. The van der Waals surface area contributed by atoms with E-state index in [-0.39, 0.29) is 37.1 Å². The van der Waals surface area contributed by atoms with Crippen LogP contribution in [0.25, 0.3) is 22.3 Å². The molecule has 7 nitrogen and oxygen atoms in total. The summed E-state index contributed by atoms with van der Waals surface area (Å²) in [6.45, 7) is 0.200. The summed E-state index contributed by atoms with van der Waals surface area (Å²) in [7, 11) is 0. The molecule has 2 aliphatic rings. The average Bonchev–Trinajstić information content (AvgIpc) is 3.03. The van der Waals surface area contributed by atoms with Crippen molar-refractivity contribution in [1.82, 2.24) is 20.0 Å². The van der Waals surface area contributed by atoms with Crippen LogP contribution < -0.4 is 0 Å². The lowest BCUT2D eigenvalue weighted by atomic mass is 10.0. The fraction of sp³-hybridized carbons (Fsp3) is 0.190. The number of imide groups is 1. The summed E-state index contributed by atoms with van der Waals surface area (Å²) in [5, 5.41) is 3.23. The van der Waals surface area contributed by atoms with E-state index in [9.17, 15) is 14.4 Å². The van der Waals surface area contributed by atoms with E-state index in [1.807, 2.05) is 36.4 Å². The molecule has 0 N–H and O–H groups in total. The number of pyridine rings is 2. The van der Waals surface area contributed by atoms with Crippen molar-refractivity contribution in [2.75, 3.05) is 0 Å². The van der Waals surface area contributed by atoms with E-state index >= 15 is 0 Å². The first-order valence-electron chi connectivity index (χ1n) is 9.14. The van der Waals surface area contributed by atoms with Gasteiger partial charge in [0.2, 0.25) is 11.8 Å². The Labute approximate surface area is 160 Å². The van der Waals surface area contributed by atoms with Gasteiger partial charge in [0.15, 0.2) is 5.65 Å². The Morgan fingerprint density at radius 3 is 2.57 bits per heavy atom. The molecule has 0 unspecified atom stereocenters. The molecule has 4 heterocycles. The van der Waals surface area contributed by atoms with E-state index in [2.05, 4.69) is 9.97 Å². The molecule has 5 rings (SSSR count). The number of piperidine rings is 1. The Morgan fingerprint density at radius 1 is 0.929 bits per heavy atom. The zero-order chi connectivity index (χ0) is 19.3. The lowest BCUT2D eigenvalue weighted by Gasteiger charge is -2.32. The molecule has 0 atom stereocenters. The first-order chi connectivity index (χ1) is 13.6. The van der Waals surface area contributed by atoms with Gasteiger partial charge in [-0.15, -0.1) is 0 Å². The highest BCUT2D eigenvalue weighted by Gasteiger charge is 2.39. The molecule has 0 radical (unpaired) electrons. The smallest absolute Gasteiger partial charge is 0.273 e. The second-order valence-corrected chi connectivity index (χ2v) is 6.93. The van der Waals surface area contributed by atoms with Crippen molar-refractivity contribution in [3.05, 3.63) is 59.8 Å². The van der Waals surface area contributed by atoms with E-state index in [1.54, 1.807) is 12.3 Å². The SMILES string of the molecule is O=C1c2ccc(-c3ccc4cccnc4n3)cc2CN1N1C(=O)CCCC1=O. The number of amides is 3. The highest BCUT2D eigenvalue weighted by Crippen LogP contribution is 2.30. The molecule has 1 fully saturated rings. The normalized spacial score (nSPS) is 16.8. The number of benzene rings is 1.